The summed E-state index contributed by atoms with van der Waals surface area (Å²) in [7, 11) is 0. The van der Waals surface area contributed by atoms with E-state index in [9.17, 15) is 4.79 Å². The molecule has 20 heavy (non-hydrogen) atoms. The molecule has 1 saturated carbocycles. The molecule has 1 N–H and O–H groups in total. The second kappa shape index (κ2) is 7.36. The lowest BCUT2D eigenvalue weighted by Gasteiger charge is -2.19. The highest BCUT2D eigenvalue weighted by Gasteiger charge is 2.21. The first-order valence-corrected chi connectivity index (χ1v) is 7.64. The maximum absolute atomic E-state index is 10.7. The van der Waals surface area contributed by atoms with E-state index in [0.717, 1.165) is 18.7 Å². The number of hydrogen-bond donors (Lipinski definition) is 1. The average molecular weight is 280 g/mol. The molecule has 1 atom stereocenters. The Hall–Kier alpha value is -1.46. The van der Waals surface area contributed by atoms with Gasteiger partial charge in [0, 0.05) is 18.9 Å². The molecule has 1 unspecified atom stereocenters. The van der Waals surface area contributed by atoms with Gasteiger partial charge in [-0.15, -0.1) is 5.10 Å². The Kier molecular flexibility index (Phi) is 5.49. The lowest BCUT2D eigenvalue weighted by molar-refractivity contribution is -0.138. The summed E-state index contributed by atoms with van der Waals surface area (Å²) in [6.45, 7) is 2.52. The molecule has 112 valence electrons. The lowest BCUT2D eigenvalue weighted by atomic mass is 9.90. The van der Waals surface area contributed by atoms with Gasteiger partial charge in [-0.05, 0) is 29.2 Å². The minimum absolute atomic E-state index is 0.0447. The van der Waals surface area contributed by atoms with Crippen LogP contribution in [0, 0.1) is 5.92 Å². The number of aromatic nitrogens is 4. The molecule has 0 aromatic carbocycles. The van der Waals surface area contributed by atoms with Crippen molar-refractivity contribution in [2.24, 2.45) is 5.92 Å². The summed E-state index contributed by atoms with van der Waals surface area (Å²) < 4.78 is 1.82. The van der Waals surface area contributed by atoms with E-state index in [1.807, 2.05) is 11.6 Å². The van der Waals surface area contributed by atoms with E-state index < -0.39 is 5.97 Å². The number of carboxylic acid groups (broad SMARTS) is 1. The number of tetrazole rings is 1. The maximum atomic E-state index is 10.7. The molecule has 1 fully saturated rings. The fourth-order valence-electron chi connectivity index (χ4n) is 3.01. The van der Waals surface area contributed by atoms with Gasteiger partial charge < -0.3 is 5.11 Å². The molecule has 0 spiro atoms. The second-order valence-electron chi connectivity index (χ2n) is 5.96. The molecule has 0 amide bonds. The third kappa shape index (κ3) is 4.28. The topological polar surface area (TPSA) is 80.9 Å². The van der Waals surface area contributed by atoms with Crippen LogP contribution in [0.2, 0.25) is 0 Å². The van der Waals surface area contributed by atoms with Gasteiger partial charge in [-0.1, -0.05) is 39.0 Å². The van der Waals surface area contributed by atoms with Gasteiger partial charge in [0.2, 0.25) is 0 Å². The maximum Gasteiger partial charge on any atom is 0.303 e. The lowest BCUT2D eigenvalue weighted by Crippen LogP contribution is -2.17. The number of rotatable bonds is 5. The highest BCUT2D eigenvalue weighted by molar-refractivity contribution is 5.66. The zero-order chi connectivity index (χ0) is 14.4. The quantitative estimate of drug-likeness (QED) is 0.896. The van der Waals surface area contributed by atoms with Gasteiger partial charge in [-0.2, -0.15) is 0 Å². The zero-order valence-electron chi connectivity index (χ0n) is 12.2. The summed E-state index contributed by atoms with van der Waals surface area (Å²) in [4.78, 5) is 10.7. The molecular weight excluding hydrogens is 256 g/mol. The van der Waals surface area contributed by atoms with Gasteiger partial charge in [0.25, 0.3) is 0 Å². The predicted molar refractivity (Wildman–Crippen MR) is 74.3 cm³/mol. The Balaban J connectivity index is 2.00. The highest BCUT2D eigenvalue weighted by atomic mass is 16.4. The van der Waals surface area contributed by atoms with Crippen molar-refractivity contribution < 1.29 is 9.90 Å². The molecule has 2 rings (SSSR count). The minimum Gasteiger partial charge on any atom is -0.481 e. The molecule has 0 radical (unpaired) electrons. The Morgan fingerprint density at radius 3 is 2.60 bits per heavy atom. The molecule has 0 saturated heterocycles. The molecular formula is C14H24N4O2. The highest BCUT2D eigenvalue weighted by Crippen LogP contribution is 2.29. The van der Waals surface area contributed by atoms with Crippen LogP contribution in [0.25, 0.3) is 0 Å². The van der Waals surface area contributed by atoms with Crippen LogP contribution in [0.3, 0.4) is 0 Å². The number of carbonyl (C=O) groups is 1. The molecule has 0 bridgehead atoms. The first-order chi connectivity index (χ1) is 9.66. The van der Waals surface area contributed by atoms with Gasteiger partial charge in [0.15, 0.2) is 5.82 Å². The standard InChI is InChI=1S/C14H24N4O2/c1-11(9-13(19)20)10-18-14(15-16-17-18)12-7-5-3-2-4-6-8-12/h11-12H,2-10H2,1H3,(H,19,20). The first-order valence-electron chi connectivity index (χ1n) is 7.64. The number of carboxylic acids is 1. The van der Waals surface area contributed by atoms with Crippen molar-refractivity contribution in [3.05, 3.63) is 5.82 Å². The molecule has 0 aliphatic heterocycles. The van der Waals surface area contributed by atoms with Crippen molar-refractivity contribution >= 4 is 5.97 Å². The van der Waals surface area contributed by atoms with Crippen LogP contribution in [0.15, 0.2) is 0 Å². The average Bonchev–Trinajstić information content (AvgIpc) is 2.75. The third-order valence-corrected chi connectivity index (χ3v) is 4.04. The normalized spacial score (nSPS) is 19.2. The molecule has 1 aromatic heterocycles. The smallest absolute Gasteiger partial charge is 0.303 e. The minimum atomic E-state index is -0.766. The van der Waals surface area contributed by atoms with E-state index >= 15 is 0 Å². The Labute approximate surface area is 119 Å². The van der Waals surface area contributed by atoms with Crippen molar-refractivity contribution in [3.63, 3.8) is 0 Å². The number of nitrogens with zero attached hydrogens (tertiary/aromatic N) is 4. The van der Waals surface area contributed by atoms with Crippen LogP contribution in [0.1, 0.15) is 70.0 Å². The summed E-state index contributed by atoms with van der Waals surface area (Å²) in [6, 6.07) is 0. The number of hydrogen-bond acceptors (Lipinski definition) is 4. The van der Waals surface area contributed by atoms with Gasteiger partial charge in [0.1, 0.15) is 0 Å². The monoisotopic (exact) mass is 280 g/mol. The van der Waals surface area contributed by atoms with Crippen molar-refractivity contribution in [1.82, 2.24) is 20.2 Å². The van der Waals surface area contributed by atoms with E-state index in [4.69, 9.17) is 5.11 Å². The van der Waals surface area contributed by atoms with Gasteiger partial charge in [0.05, 0.1) is 0 Å². The van der Waals surface area contributed by atoms with Gasteiger partial charge in [-0.3, -0.25) is 4.79 Å². The predicted octanol–water partition coefficient (Wildman–Crippen LogP) is 2.61. The van der Waals surface area contributed by atoms with Crippen molar-refractivity contribution in [3.8, 4) is 0 Å². The van der Waals surface area contributed by atoms with Crippen molar-refractivity contribution in [1.29, 1.82) is 0 Å². The van der Waals surface area contributed by atoms with E-state index in [2.05, 4.69) is 15.5 Å². The largest absolute Gasteiger partial charge is 0.481 e. The van der Waals surface area contributed by atoms with Crippen LogP contribution < -0.4 is 0 Å². The van der Waals surface area contributed by atoms with Gasteiger partial charge >= 0.3 is 5.97 Å². The van der Waals surface area contributed by atoms with Gasteiger partial charge in [-0.25, -0.2) is 4.68 Å². The van der Waals surface area contributed by atoms with E-state index in [1.54, 1.807) is 0 Å². The van der Waals surface area contributed by atoms with Crippen LogP contribution in [0.4, 0.5) is 0 Å². The summed E-state index contributed by atoms with van der Waals surface area (Å²) in [5.74, 6) is 0.660. The Morgan fingerprint density at radius 1 is 1.30 bits per heavy atom. The van der Waals surface area contributed by atoms with E-state index in [1.165, 1.54) is 32.1 Å². The molecule has 1 aliphatic carbocycles. The summed E-state index contributed by atoms with van der Waals surface area (Å²) in [6.07, 6.45) is 8.87. The van der Waals surface area contributed by atoms with Crippen molar-refractivity contribution in [2.45, 2.75) is 70.8 Å². The Morgan fingerprint density at radius 2 is 1.95 bits per heavy atom. The third-order valence-electron chi connectivity index (χ3n) is 4.04. The Bertz CT molecular complexity index is 425. The SMILES string of the molecule is CC(CC(=O)O)Cn1nnnc1C1CCCCCCC1. The van der Waals surface area contributed by atoms with Crippen LogP contribution in [0.5, 0.6) is 0 Å². The molecule has 6 heteroatoms. The van der Waals surface area contributed by atoms with Crippen LogP contribution in [-0.4, -0.2) is 31.3 Å². The van der Waals surface area contributed by atoms with E-state index in [-0.39, 0.29) is 12.3 Å². The molecule has 1 heterocycles. The van der Waals surface area contributed by atoms with Crippen LogP contribution >= 0.6 is 0 Å². The first kappa shape index (κ1) is 14.9. The molecule has 1 aliphatic rings. The summed E-state index contributed by atoms with van der Waals surface area (Å²) in [5, 5.41) is 20.9. The van der Waals surface area contributed by atoms with E-state index in [0.29, 0.717) is 12.5 Å². The fraction of sp³-hybridized carbons (Fsp3) is 0.857. The van der Waals surface area contributed by atoms with Crippen molar-refractivity contribution in [2.75, 3.05) is 0 Å². The zero-order valence-corrected chi connectivity index (χ0v) is 12.2. The summed E-state index contributed by atoms with van der Waals surface area (Å²) in [5.41, 5.74) is 0. The molecule has 1 aromatic rings. The van der Waals surface area contributed by atoms with Crippen LogP contribution in [-0.2, 0) is 11.3 Å². The fourth-order valence-corrected chi connectivity index (χ4v) is 3.01. The summed E-state index contributed by atoms with van der Waals surface area (Å²) >= 11 is 0. The number of aliphatic carboxylic acids is 1. The molecule has 6 nitrogen and oxygen atoms in total. The second-order valence-corrected chi connectivity index (χ2v) is 5.96.